The topological polar surface area (TPSA) is 75.9 Å². The van der Waals surface area contributed by atoms with Crippen LogP contribution in [0.2, 0.25) is 0 Å². The molecule has 0 saturated heterocycles. The highest BCUT2D eigenvalue weighted by atomic mass is 15.2. The van der Waals surface area contributed by atoms with Gasteiger partial charge < -0.3 is 14.4 Å². The van der Waals surface area contributed by atoms with Gasteiger partial charge in [-0.2, -0.15) is 0 Å². The number of nitrogens with zero attached hydrogens (tertiary/aromatic N) is 8. The Morgan fingerprint density at radius 3 is 1.31 bits per heavy atom. The first kappa shape index (κ1) is 58.0. The summed E-state index contributed by atoms with van der Waals surface area (Å²) in [6.45, 7) is 13.7. The molecule has 0 saturated carbocycles. The van der Waals surface area contributed by atoms with E-state index in [0.29, 0.717) is 23.3 Å². The number of aromatic nitrogens is 6. The molecule has 3 aromatic heterocycles. The molecular formula is C87H67BN8. The van der Waals surface area contributed by atoms with E-state index in [1.54, 1.807) is 0 Å². The second-order valence-electron chi connectivity index (χ2n) is 27.3. The first-order chi connectivity index (χ1) is 46.9. The van der Waals surface area contributed by atoms with Gasteiger partial charge >= 0.3 is 0 Å². The number of anilines is 6. The van der Waals surface area contributed by atoms with Gasteiger partial charge in [0.25, 0.3) is 6.71 Å². The molecule has 0 aliphatic carbocycles. The number of para-hydroxylation sites is 4. The van der Waals surface area contributed by atoms with Crippen molar-refractivity contribution in [2.45, 2.75) is 52.4 Å². The van der Waals surface area contributed by atoms with Crippen molar-refractivity contribution in [3.05, 3.63) is 308 Å². The van der Waals surface area contributed by atoms with E-state index < -0.39 is 0 Å². The summed E-state index contributed by atoms with van der Waals surface area (Å²) in [7, 11) is 0. The first-order valence-electron chi connectivity index (χ1n) is 33.1. The predicted molar refractivity (Wildman–Crippen MR) is 399 cm³/mol. The zero-order valence-corrected chi connectivity index (χ0v) is 54.4. The van der Waals surface area contributed by atoms with Gasteiger partial charge in [-0.05, 0) is 135 Å². The number of fused-ring (bicyclic) bond motifs is 7. The zero-order chi connectivity index (χ0) is 64.8. The molecule has 17 rings (SSSR count). The molecule has 2 aliphatic heterocycles. The van der Waals surface area contributed by atoms with E-state index in [-0.39, 0.29) is 17.5 Å². The highest BCUT2D eigenvalue weighted by Gasteiger charge is 2.44. The number of hydrogen-bond acceptors (Lipinski definition) is 7. The van der Waals surface area contributed by atoms with Crippen molar-refractivity contribution in [3.8, 4) is 84.9 Å². The van der Waals surface area contributed by atoms with Gasteiger partial charge in [-0.3, -0.25) is 0 Å². The van der Waals surface area contributed by atoms with Gasteiger partial charge in [-0.1, -0.05) is 248 Å². The SMILES string of the molecule is CC(C)(C)c1ccc2c(c1)c1cc(C(C)(C)C)ccc1n2-c1ccc(-c2cc(-c3ccccc3)nc(-c3ccccc3)n2)cc1-c1nc(-c2ccccc2)nc(-c2cccc(-c3ccc4c5c3N(c3ccccc3)c3ccccc3B5c3ccccc3N4c3ccccc3)c2)n1. The molecule has 0 fully saturated rings. The number of hydrogen-bond donors (Lipinski definition) is 0. The molecule has 9 heteroatoms. The van der Waals surface area contributed by atoms with Crippen LogP contribution in [0.25, 0.3) is 107 Å². The van der Waals surface area contributed by atoms with Crippen molar-refractivity contribution in [3.63, 3.8) is 0 Å². The maximum absolute atomic E-state index is 5.73. The quantitative estimate of drug-likeness (QED) is 0.126. The Bertz CT molecular complexity index is 5370. The minimum absolute atomic E-state index is 0.0530. The summed E-state index contributed by atoms with van der Waals surface area (Å²) in [5, 5.41) is 2.37. The van der Waals surface area contributed by atoms with Gasteiger partial charge in [0.05, 0.1) is 33.8 Å². The second-order valence-corrected chi connectivity index (χ2v) is 27.3. The van der Waals surface area contributed by atoms with Crippen molar-refractivity contribution in [1.29, 1.82) is 0 Å². The molecule has 0 spiro atoms. The van der Waals surface area contributed by atoms with Crippen LogP contribution in [0.3, 0.4) is 0 Å². The van der Waals surface area contributed by atoms with Crippen molar-refractivity contribution >= 4 is 79.0 Å². The molecule has 5 heterocycles. The summed E-state index contributed by atoms with van der Waals surface area (Å²) >= 11 is 0. The third kappa shape index (κ3) is 10.1. The van der Waals surface area contributed by atoms with Gasteiger partial charge in [0.15, 0.2) is 23.3 Å². The monoisotopic (exact) mass is 1230 g/mol. The maximum Gasteiger partial charge on any atom is 0.252 e. The molecule has 0 atom stereocenters. The van der Waals surface area contributed by atoms with E-state index in [1.165, 1.54) is 44.0 Å². The van der Waals surface area contributed by atoms with E-state index >= 15 is 0 Å². The molecular weight excluding hydrogens is 1170 g/mol. The summed E-state index contributed by atoms with van der Waals surface area (Å²) < 4.78 is 2.42. The smallest absolute Gasteiger partial charge is 0.252 e. The molecule has 0 amide bonds. The molecule has 96 heavy (non-hydrogen) atoms. The molecule has 0 radical (unpaired) electrons. The standard InChI is InChI=1S/C87H67BN8/c1-86(2,3)62-44-48-74-67(53-62)68-54-63(87(4,5)6)45-49-75(68)96(74)76-47-43-60(73-55-72(56-27-12-7-13-28-56)89-82(90-73)57-29-14-8-15-30-57)52-69(76)85-92-83(58-31-16-9-17-32-58)91-84(93-85)61-34-26-33-59(51-61)66-46-50-79-80-81(66)95(65-37-20-11-21-38-65)78-42-25-23-40-71(78)88(80)70-39-22-24-41-77(70)94(79)64-35-18-10-19-36-64/h7-55H,1-6H3. The van der Waals surface area contributed by atoms with Crippen molar-refractivity contribution in [1.82, 2.24) is 29.5 Å². The molecule has 0 unspecified atom stereocenters. The lowest BCUT2D eigenvalue weighted by Crippen LogP contribution is -2.61. The Morgan fingerprint density at radius 1 is 0.292 bits per heavy atom. The normalized spacial score (nSPS) is 12.6. The Morgan fingerprint density at radius 2 is 0.740 bits per heavy atom. The van der Waals surface area contributed by atoms with Crippen LogP contribution >= 0.6 is 0 Å². The lowest BCUT2D eigenvalue weighted by atomic mass is 9.33. The average Bonchev–Trinajstić information content (AvgIpc) is 0.932. The minimum atomic E-state index is -0.0832. The minimum Gasteiger partial charge on any atom is -0.311 e. The molecule has 15 aromatic rings. The summed E-state index contributed by atoms with van der Waals surface area (Å²) in [5.41, 5.74) is 25.1. The molecule has 458 valence electrons. The second kappa shape index (κ2) is 23.0. The summed E-state index contributed by atoms with van der Waals surface area (Å²) in [5.74, 6) is 2.26. The lowest BCUT2D eigenvalue weighted by Gasteiger charge is -2.45. The summed E-state index contributed by atoms with van der Waals surface area (Å²) in [4.78, 5) is 32.4. The Hall–Kier alpha value is -11.8. The van der Waals surface area contributed by atoms with Gasteiger partial charge in [0, 0.05) is 78.2 Å². The van der Waals surface area contributed by atoms with E-state index in [2.05, 4.69) is 311 Å². The molecule has 8 nitrogen and oxygen atoms in total. The van der Waals surface area contributed by atoms with Gasteiger partial charge in [0.1, 0.15) is 0 Å². The van der Waals surface area contributed by atoms with Crippen LogP contribution in [0, 0.1) is 0 Å². The summed E-state index contributed by atoms with van der Waals surface area (Å²) in [6, 6.07) is 107. The Kier molecular flexibility index (Phi) is 13.9. The van der Waals surface area contributed by atoms with Crippen molar-refractivity contribution < 1.29 is 0 Å². The van der Waals surface area contributed by atoms with Crippen LogP contribution in [0.4, 0.5) is 34.1 Å². The largest absolute Gasteiger partial charge is 0.311 e. The zero-order valence-electron chi connectivity index (χ0n) is 54.4. The van der Waals surface area contributed by atoms with Crippen LogP contribution in [0.15, 0.2) is 297 Å². The van der Waals surface area contributed by atoms with Gasteiger partial charge in [-0.15, -0.1) is 0 Å². The predicted octanol–water partition coefficient (Wildman–Crippen LogP) is 20.1. The van der Waals surface area contributed by atoms with Crippen molar-refractivity contribution in [2.24, 2.45) is 0 Å². The fourth-order valence-electron chi connectivity index (χ4n) is 14.4. The van der Waals surface area contributed by atoms with Gasteiger partial charge in [0.2, 0.25) is 0 Å². The third-order valence-corrected chi connectivity index (χ3v) is 19.2. The van der Waals surface area contributed by atoms with Crippen LogP contribution in [-0.2, 0) is 10.8 Å². The lowest BCUT2D eigenvalue weighted by molar-refractivity contribution is 0.590. The Labute approximate surface area is 560 Å². The van der Waals surface area contributed by atoms with Crippen LogP contribution < -0.4 is 26.2 Å². The van der Waals surface area contributed by atoms with Crippen molar-refractivity contribution in [2.75, 3.05) is 9.80 Å². The van der Waals surface area contributed by atoms with Crippen LogP contribution in [-0.4, -0.2) is 36.2 Å². The average molecular weight is 1240 g/mol. The van der Waals surface area contributed by atoms with E-state index in [0.717, 1.165) is 101 Å². The van der Waals surface area contributed by atoms with E-state index in [4.69, 9.17) is 24.9 Å². The summed E-state index contributed by atoms with van der Waals surface area (Å²) in [6.07, 6.45) is 0. The molecule has 2 aliphatic rings. The molecule has 12 aromatic carbocycles. The molecule has 0 N–H and O–H groups in total. The van der Waals surface area contributed by atoms with E-state index in [9.17, 15) is 0 Å². The third-order valence-electron chi connectivity index (χ3n) is 19.2. The van der Waals surface area contributed by atoms with Crippen LogP contribution in [0.1, 0.15) is 52.7 Å². The Balaban J connectivity index is 0.914. The number of benzene rings is 12. The first-order valence-corrected chi connectivity index (χ1v) is 33.1. The fourth-order valence-corrected chi connectivity index (χ4v) is 14.4. The molecule has 0 bridgehead atoms. The van der Waals surface area contributed by atoms with Crippen LogP contribution in [0.5, 0.6) is 0 Å². The highest BCUT2D eigenvalue weighted by molar-refractivity contribution is 7.00. The fraction of sp³-hybridized carbons (Fsp3) is 0.0920. The highest BCUT2D eigenvalue weighted by Crippen LogP contribution is 2.49. The van der Waals surface area contributed by atoms with E-state index in [1.807, 2.05) is 42.5 Å². The maximum atomic E-state index is 5.73. The van der Waals surface area contributed by atoms with Gasteiger partial charge in [-0.25, -0.2) is 24.9 Å². The number of rotatable bonds is 10.